The summed E-state index contributed by atoms with van der Waals surface area (Å²) in [6.45, 7) is 2.22. The maximum atomic E-state index is 9.38. The van der Waals surface area contributed by atoms with Gasteiger partial charge in [-0.2, -0.15) is 11.8 Å². The van der Waals surface area contributed by atoms with Crippen LogP contribution in [-0.4, -0.2) is 22.7 Å². The predicted octanol–water partition coefficient (Wildman–Crippen LogP) is 4.11. The highest BCUT2D eigenvalue weighted by Gasteiger charge is 2.23. The molecule has 3 heteroatoms. The van der Waals surface area contributed by atoms with Crippen molar-refractivity contribution in [2.24, 2.45) is 0 Å². The second-order valence-corrected chi connectivity index (χ2v) is 6.58. The van der Waals surface area contributed by atoms with Gasteiger partial charge >= 0.3 is 0 Å². The fourth-order valence-corrected chi connectivity index (χ4v) is 3.78. The third-order valence-corrected chi connectivity index (χ3v) is 5.19. The van der Waals surface area contributed by atoms with E-state index < -0.39 is 0 Å². The molecular formula is C16H25NOS. The Kier molecular flexibility index (Phi) is 5.59. The molecule has 1 aromatic carbocycles. The molecule has 0 spiro atoms. The molecule has 1 saturated carbocycles. The normalized spacial score (nSPS) is 25.2. The Morgan fingerprint density at radius 2 is 2.05 bits per heavy atom. The summed E-state index contributed by atoms with van der Waals surface area (Å²) in [6.07, 6.45) is 8.61. The monoisotopic (exact) mass is 279 g/mol. The SMILES string of the molecule is CCC(NC1CCCC(SC)C1)c1ccc(O)cc1. The van der Waals surface area contributed by atoms with Crippen LogP contribution in [0.2, 0.25) is 0 Å². The van der Waals surface area contributed by atoms with Crippen molar-refractivity contribution in [2.45, 2.75) is 56.4 Å². The zero-order chi connectivity index (χ0) is 13.7. The van der Waals surface area contributed by atoms with Crippen LogP contribution >= 0.6 is 11.8 Å². The molecule has 0 amide bonds. The molecule has 0 radical (unpaired) electrons. The van der Waals surface area contributed by atoms with E-state index >= 15 is 0 Å². The lowest BCUT2D eigenvalue weighted by Gasteiger charge is -2.32. The number of benzene rings is 1. The Labute approximate surface area is 121 Å². The van der Waals surface area contributed by atoms with Gasteiger partial charge < -0.3 is 10.4 Å². The van der Waals surface area contributed by atoms with E-state index in [2.05, 4.69) is 18.5 Å². The molecular weight excluding hydrogens is 254 g/mol. The van der Waals surface area contributed by atoms with Gasteiger partial charge in [-0.1, -0.05) is 25.5 Å². The Bertz CT molecular complexity index is 379. The Morgan fingerprint density at radius 3 is 2.68 bits per heavy atom. The summed E-state index contributed by atoms with van der Waals surface area (Å²) in [5.74, 6) is 0.346. The molecule has 2 nitrogen and oxygen atoms in total. The van der Waals surface area contributed by atoms with Gasteiger partial charge in [0.2, 0.25) is 0 Å². The number of phenolic OH excluding ortho intramolecular Hbond substituents is 1. The molecule has 3 atom stereocenters. The van der Waals surface area contributed by atoms with E-state index in [1.165, 1.54) is 31.2 Å². The van der Waals surface area contributed by atoms with E-state index in [1.807, 2.05) is 23.9 Å². The minimum atomic E-state index is 0.346. The first-order chi connectivity index (χ1) is 9.22. The third-order valence-electron chi connectivity index (χ3n) is 4.10. The first-order valence-corrected chi connectivity index (χ1v) is 8.59. The summed E-state index contributed by atoms with van der Waals surface area (Å²) in [5, 5.41) is 14.0. The fourth-order valence-electron chi connectivity index (χ4n) is 2.95. The Morgan fingerprint density at radius 1 is 1.32 bits per heavy atom. The number of hydrogen-bond acceptors (Lipinski definition) is 3. The number of hydrogen-bond donors (Lipinski definition) is 2. The van der Waals surface area contributed by atoms with Crippen molar-refractivity contribution in [3.63, 3.8) is 0 Å². The number of nitrogens with one attached hydrogen (secondary N) is 1. The summed E-state index contributed by atoms with van der Waals surface area (Å²) in [6, 6.07) is 8.68. The van der Waals surface area contributed by atoms with Crippen LogP contribution in [0.1, 0.15) is 50.6 Å². The second kappa shape index (κ2) is 7.20. The summed E-state index contributed by atoms with van der Waals surface area (Å²) in [7, 11) is 0. The summed E-state index contributed by atoms with van der Waals surface area (Å²) >= 11 is 2.01. The van der Waals surface area contributed by atoms with Gasteiger partial charge in [0.25, 0.3) is 0 Å². The minimum Gasteiger partial charge on any atom is -0.508 e. The zero-order valence-corrected chi connectivity index (χ0v) is 12.7. The van der Waals surface area contributed by atoms with Crippen LogP contribution < -0.4 is 5.32 Å². The van der Waals surface area contributed by atoms with Crippen molar-refractivity contribution < 1.29 is 5.11 Å². The van der Waals surface area contributed by atoms with Crippen LogP contribution in [0.4, 0.5) is 0 Å². The van der Waals surface area contributed by atoms with Gasteiger partial charge in [-0.15, -0.1) is 0 Å². The van der Waals surface area contributed by atoms with E-state index in [0.717, 1.165) is 11.7 Å². The van der Waals surface area contributed by atoms with Crippen molar-refractivity contribution in [1.82, 2.24) is 5.32 Å². The molecule has 1 aliphatic carbocycles. The average molecular weight is 279 g/mol. The highest BCUT2D eigenvalue weighted by molar-refractivity contribution is 7.99. The van der Waals surface area contributed by atoms with Crippen molar-refractivity contribution >= 4 is 11.8 Å². The van der Waals surface area contributed by atoms with E-state index in [0.29, 0.717) is 17.8 Å². The van der Waals surface area contributed by atoms with Crippen molar-refractivity contribution in [2.75, 3.05) is 6.26 Å². The Hall–Kier alpha value is -0.670. The van der Waals surface area contributed by atoms with Crippen LogP contribution in [0.25, 0.3) is 0 Å². The largest absolute Gasteiger partial charge is 0.508 e. The quantitative estimate of drug-likeness (QED) is 0.851. The van der Waals surface area contributed by atoms with Crippen LogP contribution in [-0.2, 0) is 0 Å². The molecule has 19 heavy (non-hydrogen) atoms. The fraction of sp³-hybridized carbons (Fsp3) is 0.625. The molecule has 0 bridgehead atoms. The number of phenols is 1. The van der Waals surface area contributed by atoms with Crippen molar-refractivity contribution in [3.05, 3.63) is 29.8 Å². The standard InChI is InChI=1S/C16H25NOS/c1-3-16(12-7-9-14(18)10-8-12)17-13-5-4-6-15(11-13)19-2/h7-10,13,15-18H,3-6,11H2,1-2H3. The molecule has 1 aliphatic rings. The van der Waals surface area contributed by atoms with Gasteiger partial charge in [-0.3, -0.25) is 0 Å². The average Bonchev–Trinajstić information content (AvgIpc) is 2.46. The van der Waals surface area contributed by atoms with Crippen LogP contribution in [0, 0.1) is 0 Å². The van der Waals surface area contributed by atoms with E-state index in [1.54, 1.807) is 12.1 Å². The molecule has 0 saturated heterocycles. The van der Waals surface area contributed by atoms with Crippen molar-refractivity contribution in [1.29, 1.82) is 0 Å². The zero-order valence-electron chi connectivity index (χ0n) is 11.9. The van der Waals surface area contributed by atoms with E-state index in [9.17, 15) is 5.11 Å². The molecule has 3 unspecified atom stereocenters. The highest BCUT2D eigenvalue weighted by atomic mass is 32.2. The summed E-state index contributed by atoms with van der Waals surface area (Å²) in [5.41, 5.74) is 1.28. The lowest BCUT2D eigenvalue weighted by atomic mass is 9.93. The molecule has 0 aliphatic heterocycles. The lowest BCUT2D eigenvalue weighted by molar-refractivity contribution is 0.339. The topological polar surface area (TPSA) is 32.3 Å². The van der Waals surface area contributed by atoms with Crippen molar-refractivity contribution in [3.8, 4) is 5.75 Å². The molecule has 2 rings (SSSR count). The predicted molar refractivity (Wildman–Crippen MR) is 83.8 cm³/mol. The number of thioether (sulfide) groups is 1. The molecule has 0 aromatic heterocycles. The molecule has 0 heterocycles. The minimum absolute atomic E-state index is 0.346. The third kappa shape index (κ3) is 4.15. The highest BCUT2D eigenvalue weighted by Crippen LogP contribution is 2.29. The second-order valence-electron chi connectivity index (χ2n) is 5.44. The van der Waals surface area contributed by atoms with E-state index in [-0.39, 0.29) is 0 Å². The van der Waals surface area contributed by atoms with Gasteiger partial charge in [0.15, 0.2) is 0 Å². The maximum Gasteiger partial charge on any atom is 0.115 e. The molecule has 1 fully saturated rings. The Balaban J connectivity index is 1.96. The van der Waals surface area contributed by atoms with Gasteiger partial charge in [0.05, 0.1) is 0 Å². The van der Waals surface area contributed by atoms with Gasteiger partial charge in [0, 0.05) is 17.3 Å². The first kappa shape index (κ1) is 14.7. The maximum absolute atomic E-state index is 9.38. The van der Waals surface area contributed by atoms with Crippen LogP contribution in [0.3, 0.4) is 0 Å². The summed E-state index contributed by atoms with van der Waals surface area (Å²) in [4.78, 5) is 0. The number of aromatic hydroxyl groups is 1. The smallest absolute Gasteiger partial charge is 0.115 e. The molecule has 1 aromatic rings. The van der Waals surface area contributed by atoms with E-state index in [4.69, 9.17) is 0 Å². The van der Waals surface area contributed by atoms with Gasteiger partial charge in [-0.05, 0) is 49.6 Å². The summed E-state index contributed by atoms with van der Waals surface area (Å²) < 4.78 is 0. The molecule has 106 valence electrons. The van der Waals surface area contributed by atoms with Crippen LogP contribution in [0.5, 0.6) is 5.75 Å². The first-order valence-electron chi connectivity index (χ1n) is 7.30. The molecule has 2 N–H and O–H groups in total. The van der Waals surface area contributed by atoms with Gasteiger partial charge in [0.1, 0.15) is 5.75 Å². The van der Waals surface area contributed by atoms with Crippen LogP contribution in [0.15, 0.2) is 24.3 Å². The van der Waals surface area contributed by atoms with Gasteiger partial charge in [-0.25, -0.2) is 0 Å². The lowest BCUT2D eigenvalue weighted by Crippen LogP contribution is -2.37. The number of rotatable bonds is 5.